The summed E-state index contributed by atoms with van der Waals surface area (Å²) in [4.78, 5) is 15.6. The van der Waals surface area contributed by atoms with Crippen LogP contribution in [0.15, 0.2) is 24.3 Å². The van der Waals surface area contributed by atoms with Gasteiger partial charge in [-0.25, -0.2) is 0 Å². The van der Waals surface area contributed by atoms with E-state index >= 15 is 0 Å². The van der Waals surface area contributed by atoms with E-state index in [1.165, 1.54) is 37.1 Å². The molecule has 5 heterocycles. The van der Waals surface area contributed by atoms with Crippen molar-refractivity contribution in [1.29, 1.82) is 0 Å². The fourth-order valence-corrected chi connectivity index (χ4v) is 4.90. The molecule has 1 amide bonds. The van der Waals surface area contributed by atoms with Crippen LogP contribution in [-0.2, 0) is 13.0 Å². The third kappa shape index (κ3) is 2.04. The molecular weight excluding hydrogens is 286 g/mol. The van der Waals surface area contributed by atoms with E-state index in [-0.39, 0.29) is 5.91 Å². The zero-order valence-electron chi connectivity index (χ0n) is 13.4. The molecule has 1 aromatic heterocycles. The summed E-state index contributed by atoms with van der Waals surface area (Å²) in [5, 5.41) is 4.51. The second-order valence-corrected chi connectivity index (χ2v) is 7.31. The van der Waals surface area contributed by atoms with Gasteiger partial charge < -0.3 is 14.8 Å². The Kier molecular flexibility index (Phi) is 3.02. The van der Waals surface area contributed by atoms with Gasteiger partial charge in [-0.1, -0.05) is 18.2 Å². The van der Waals surface area contributed by atoms with Gasteiger partial charge in [0.05, 0.1) is 5.56 Å². The summed E-state index contributed by atoms with van der Waals surface area (Å²) >= 11 is 0. The fraction of sp³-hybridized carbons (Fsp3) is 0.526. The number of hydrogen-bond donors (Lipinski definition) is 1. The maximum absolute atomic E-state index is 13.1. The van der Waals surface area contributed by atoms with Gasteiger partial charge in [0.15, 0.2) is 0 Å². The molecule has 0 aliphatic carbocycles. The molecule has 4 nitrogen and oxygen atoms in total. The maximum Gasteiger partial charge on any atom is 0.254 e. The number of amides is 1. The summed E-state index contributed by atoms with van der Waals surface area (Å²) in [7, 11) is 0. The van der Waals surface area contributed by atoms with E-state index < -0.39 is 0 Å². The number of para-hydroxylation sites is 1. The number of fused-ring (bicyclic) bond motifs is 6. The normalized spacial score (nSPS) is 29.0. The highest BCUT2D eigenvalue weighted by molar-refractivity contribution is 6.08. The molecule has 4 heteroatoms. The lowest BCUT2D eigenvalue weighted by Crippen LogP contribution is -2.57. The molecular formula is C19H23N3O. The smallest absolute Gasteiger partial charge is 0.254 e. The number of nitrogens with one attached hydrogen (secondary N) is 1. The predicted molar refractivity (Wildman–Crippen MR) is 90.7 cm³/mol. The van der Waals surface area contributed by atoms with Gasteiger partial charge in [-0.3, -0.25) is 4.79 Å². The van der Waals surface area contributed by atoms with Crippen LogP contribution in [0.5, 0.6) is 0 Å². The molecule has 2 bridgehead atoms. The summed E-state index contributed by atoms with van der Waals surface area (Å²) in [5.74, 6) is 0.821. The molecule has 2 aromatic rings. The molecule has 3 saturated heterocycles. The molecule has 3 fully saturated rings. The van der Waals surface area contributed by atoms with Crippen LogP contribution in [0.2, 0.25) is 0 Å². The summed E-state index contributed by atoms with van der Waals surface area (Å²) in [6.07, 6.45) is 4.65. The molecule has 1 aromatic carbocycles. The van der Waals surface area contributed by atoms with Gasteiger partial charge in [-0.05, 0) is 50.8 Å². The van der Waals surface area contributed by atoms with Crippen molar-refractivity contribution in [3.05, 3.63) is 35.5 Å². The van der Waals surface area contributed by atoms with Crippen molar-refractivity contribution in [2.75, 3.05) is 19.6 Å². The van der Waals surface area contributed by atoms with Crippen molar-refractivity contribution in [3.63, 3.8) is 0 Å². The highest BCUT2D eigenvalue weighted by atomic mass is 16.1. The minimum atomic E-state index is 0.149. The van der Waals surface area contributed by atoms with E-state index in [1.54, 1.807) is 0 Å². The van der Waals surface area contributed by atoms with Gasteiger partial charge in [0.1, 0.15) is 0 Å². The Bertz CT molecular complexity index is 770. The van der Waals surface area contributed by atoms with Crippen molar-refractivity contribution >= 4 is 16.8 Å². The highest BCUT2D eigenvalue weighted by Gasteiger charge is 2.36. The van der Waals surface area contributed by atoms with Crippen LogP contribution < -0.4 is 5.32 Å². The standard InChI is InChI=1S/C19H23N3O/c23-19(20-15-12-21-10-7-13(15)8-11-21)18-14-4-1-2-5-16(14)22-9-3-6-17(18)22/h1-2,4-5,13,15H,3,6-12H2,(H,20,23)/t15-/m0/s1. The van der Waals surface area contributed by atoms with Gasteiger partial charge >= 0.3 is 0 Å². The largest absolute Gasteiger partial charge is 0.348 e. The van der Waals surface area contributed by atoms with Gasteiger partial charge in [0, 0.05) is 35.7 Å². The van der Waals surface area contributed by atoms with Crippen molar-refractivity contribution < 1.29 is 4.79 Å². The lowest BCUT2D eigenvalue weighted by Gasteiger charge is -2.44. The van der Waals surface area contributed by atoms with Crippen molar-refractivity contribution in [2.45, 2.75) is 38.3 Å². The Hall–Kier alpha value is -1.81. The second-order valence-electron chi connectivity index (χ2n) is 7.31. The van der Waals surface area contributed by atoms with Gasteiger partial charge in [0.25, 0.3) is 5.91 Å². The first-order valence-electron chi connectivity index (χ1n) is 8.94. The molecule has 0 spiro atoms. The first-order chi connectivity index (χ1) is 11.3. The summed E-state index contributed by atoms with van der Waals surface area (Å²) in [5.41, 5.74) is 3.40. The number of aromatic nitrogens is 1. The Morgan fingerprint density at radius 3 is 2.74 bits per heavy atom. The Morgan fingerprint density at radius 1 is 1.13 bits per heavy atom. The van der Waals surface area contributed by atoms with Crippen molar-refractivity contribution in [1.82, 2.24) is 14.8 Å². The first kappa shape index (κ1) is 13.6. The summed E-state index contributed by atoms with van der Waals surface area (Å²) < 4.78 is 2.35. The molecule has 1 atom stereocenters. The number of benzene rings is 1. The number of piperidine rings is 3. The number of carbonyl (C=O) groups excluding carboxylic acids is 1. The Labute approximate surface area is 136 Å². The second kappa shape index (κ2) is 5.10. The third-order valence-electron chi connectivity index (χ3n) is 6.07. The number of carbonyl (C=O) groups is 1. The molecule has 0 saturated carbocycles. The molecule has 23 heavy (non-hydrogen) atoms. The van der Waals surface area contributed by atoms with E-state index in [0.29, 0.717) is 12.0 Å². The fourth-order valence-electron chi connectivity index (χ4n) is 4.90. The van der Waals surface area contributed by atoms with Crippen LogP contribution in [0, 0.1) is 5.92 Å². The number of rotatable bonds is 2. The number of nitrogens with zero attached hydrogens (tertiary/aromatic N) is 2. The van der Waals surface area contributed by atoms with E-state index in [2.05, 4.69) is 33.0 Å². The molecule has 4 aliphatic rings. The van der Waals surface area contributed by atoms with Gasteiger partial charge in [-0.2, -0.15) is 0 Å². The summed E-state index contributed by atoms with van der Waals surface area (Å²) in [6.45, 7) is 4.50. The van der Waals surface area contributed by atoms with Crippen molar-refractivity contribution in [3.8, 4) is 0 Å². The van der Waals surface area contributed by atoms with Gasteiger partial charge in [-0.15, -0.1) is 0 Å². The van der Waals surface area contributed by atoms with E-state index in [9.17, 15) is 4.79 Å². The van der Waals surface area contributed by atoms with Crippen LogP contribution >= 0.6 is 0 Å². The minimum Gasteiger partial charge on any atom is -0.348 e. The maximum atomic E-state index is 13.1. The Balaban J connectivity index is 1.50. The van der Waals surface area contributed by atoms with E-state index in [4.69, 9.17) is 0 Å². The minimum absolute atomic E-state index is 0.149. The molecule has 6 rings (SSSR count). The van der Waals surface area contributed by atoms with Crippen LogP contribution in [-0.4, -0.2) is 41.1 Å². The third-order valence-corrected chi connectivity index (χ3v) is 6.07. The van der Waals surface area contributed by atoms with Crippen molar-refractivity contribution in [2.24, 2.45) is 5.92 Å². The first-order valence-corrected chi connectivity index (χ1v) is 8.94. The van der Waals surface area contributed by atoms with Crippen LogP contribution in [0.25, 0.3) is 10.9 Å². The van der Waals surface area contributed by atoms with Gasteiger partial charge in [0.2, 0.25) is 0 Å². The van der Waals surface area contributed by atoms with Crippen LogP contribution in [0.1, 0.15) is 35.3 Å². The summed E-state index contributed by atoms with van der Waals surface area (Å²) in [6, 6.07) is 8.70. The lowest BCUT2D eigenvalue weighted by atomic mass is 9.84. The molecule has 120 valence electrons. The van der Waals surface area contributed by atoms with Crippen LogP contribution in [0.3, 0.4) is 0 Å². The zero-order chi connectivity index (χ0) is 15.4. The monoisotopic (exact) mass is 309 g/mol. The predicted octanol–water partition coefficient (Wildman–Crippen LogP) is 2.41. The average molecular weight is 309 g/mol. The molecule has 1 N–H and O–H groups in total. The number of hydrogen-bond acceptors (Lipinski definition) is 2. The highest BCUT2D eigenvalue weighted by Crippen LogP contribution is 2.32. The van der Waals surface area contributed by atoms with E-state index in [1.807, 2.05) is 6.07 Å². The SMILES string of the molecule is O=C(N[C@H]1CN2CCC1CC2)c1c2n(c3ccccc13)CCC2. The van der Waals surface area contributed by atoms with Crippen LogP contribution in [0.4, 0.5) is 0 Å². The molecule has 4 aliphatic heterocycles. The quantitative estimate of drug-likeness (QED) is 0.925. The average Bonchev–Trinajstić information content (AvgIpc) is 3.16. The van der Waals surface area contributed by atoms with E-state index in [0.717, 1.165) is 36.9 Å². The molecule has 0 unspecified atom stereocenters. The lowest BCUT2D eigenvalue weighted by molar-refractivity contribution is 0.0621. The Morgan fingerprint density at radius 2 is 1.96 bits per heavy atom. The topological polar surface area (TPSA) is 37.3 Å². The zero-order valence-corrected chi connectivity index (χ0v) is 13.4. The molecule has 0 radical (unpaired) electrons. The number of aryl methyl sites for hydroxylation is 1.